The number of unbranched alkanes of at least 4 members (excludes halogenated alkanes) is 2. The lowest BCUT2D eigenvalue weighted by Crippen LogP contribution is -2.37. The van der Waals surface area contributed by atoms with Crippen molar-refractivity contribution < 1.29 is 9.47 Å². The summed E-state index contributed by atoms with van der Waals surface area (Å²) in [6.07, 6.45) is 9.01. The number of likely N-dealkylation sites (tertiary alicyclic amines) is 1. The average molecular weight is 559 g/mol. The van der Waals surface area contributed by atoms with E-state index in [1.807, 2.05) is 7.05 Å². The molecule has 0 aliphatic carbocycles. The number of guanidine groups is 1. The van der Waals surface area contributed by atoms with Gasteiger partial charge in [-0.2, -0.15) is 0 Å². The fourth-order valence-electron chi connectivity index (χ4n) is 4.29. The fraction of sp³-hybridized carbons (Fsp3) is 0.720. The number of hydrogen-bond acceptors (Lipinski definition) is 4. The summed E-state index contributed by atoms with van der Waals surface area (Å²) >= 11 is 0. The molecule has 3 rings (SSSR count). The minimum Gasteiger partial charge on any atom is -0.493 e. The van der Waals surface area contributed by atoms with E-state index in [-0.39, 0.29) is 24.0 Å². The van der Waals surface area contributed by atoms with Gasteiger partial charge in [0.25, 0.3) is 0 Å². The average Bonchev–Trinajstić information content (AvgIpc) is 3.32. The molecule has 2 N–H and O–H groups in total. The van der Waals surface area contributed by atoms with E-state index < -0.39 is 0 Å². The van der Waals surface area contributed by atoms with E-state index in [1.165, 1.54) is 63.7 Å². The van der Waals surface area contributed by atoms with Crippen LogP contribution in [0, 0.1) is 12.8 Å². The SMILES string of the molecule is CN=C(NCCCCCN1CCCCC1)NCc1ccc(C)cc1OCC1CCOC1.I. The molecule has 7 heteroatoms. The third kappa shape index (κ3) is 9.83. The summed E-state index contributed by atoms with van der Waals surface area (Å²) in [4.78, 5) is 7.00. The van der Waals surface area contributed by atoms with Crippen LogP contribution in [0.5, 0.6) is 5.75 Å². The van der Waals surface area contributed by atoms with Crippen molar-refractivity contribution in [2.45, 2.75) is 58.4 Å². The van der Waals surface area contributed by atoms with E-state index >= 15 is 0 Å². The van der Waals surface area contributed by atoms with Gasteiger partial charge in [0.05, 0.1) is 13.2 Å². The van der Waals surface area contributed by atoms with Crippen molar-refractivity contribution in [2.24, 2.45) is 10.9 Å². The molecule has 0 amide bonds. The minimum absolute atomic E-state index is 0. The van der Waals surface area contributed by atoms with Gasteiger partial charge in [0.2, 0.25) is 0 Å². The van der Waals surface area contributed by atoms with Gasteiger partial charge in [0.1, 0.15) is 5.75 Å². The summed E-state index contributed by atoms with van der Waals surface area (Å²) in [5.41, 5.74) is 2.38. The van der Waals surface area contributed by atoms with Gasteiger partial charge in [-0.25, -0.2) is 0 Å². The monoisotopic (exact) mass is 558 g/mol. The Morgan fingerprint density at radius 2 is 2.00 bits per heavy atom. The first kappa shape index (κ1) is 27.2. The number of aryl methyl sites for hydroxylation is 1. The number of rotatable bonds is 11. The molecular weight excluding hydrogens is 515 g/mol. The van der Waals surface area contributed by atoms with E-state index in [0.29, 0.717) is 12.5 Å². The molecule has 2 fully saturated rings. The van der Waals surface area contributed by atoms with Crippen molar-refractivity contribution in [1.82, 2.24) is 15.5 Å². The summed E-state index contributed by atoms with van der Waals surface area (Å²) in [6, 6.07) is 6.42. The number of hydrogen-bond donors (Lipinski definition) is 2. The molecule has 0 aromatic heterocycles. The molecule has 0 radical (unpaired) electrons. The van der Waals surface area contributed by atoms with E-state index in [4.69, 9.17) is 9.47 Å². The molecule has 1 aromatic rings. The summed E-state index contributed by atoms with van der Waals surface area (Å²) < 4.78 is 11.6. The normalized spacial score (nSPS) is 19.4. The predicted octanol–water partition coefficient (Wildman–Crippen LogP) is 4.35. The van der Waals surface area contributed by atoms with Crippen LogP contribution in [0.2, 0.25) is 0 Å². The first-order valence-electron chi connectivity index (χ1n) is 12.2. The lowest BCUT2D eigenvalue weighted by molar-refractivity contribution is 0.166. The molecular formula is C25H43IN4O2. The van der Waals surface area contributed by atoms with Crippen LogP contribution >= 0.6 is 24.0 Å². The number of ether oxygens (including phenoxy) is 2. The molecule has 2 aliphatic rings. The Hall–Kier alpha value is -1.06. The van der Waals surface area contributed by atoms with Gasteiger partial charge in [-0.05, 0) is 70.3 Å². The molecule has 0 spiro atoms. The lowest BCUT2D eigenvalue weighted by Gasteiger charge is -2.26. The highest BCUT2D eigenvalue weighted by molar-refractivity contribution is 14.0. The van der Waals surface area contributed by atoms with Crippen molar-refractivity contribution in [2.75, 3.05) is 53.0 Å². The Kier molecular flexibility index (Phi) is 13.4. The zero-order valence-corrected chi connectivity index (χ0v) is 22.4. The molecule has 2 aliphatic heterocycles. The largest absolute Gasteiger partial charge is 0.493 e. The lowest BCUT2D eigenvalue weighted by atomic mass is 10.1. The van der Waals surface area contributed by atoms with Gasteiger partial charge in [0, 0.05) is 38.2 Å². The first-order valence-corrected chi connectivity index (χ1v) is 12.2. The molecule has 1 aromatic carbocycles. The van der Waals surface area contributed by atoms with Gasteiger partial charge < -0.3 is 25.0 Å². The molecule has 182 valence electrons. The first-order chi connectivity index (χ1) is 15.2. The summed E-state index contributed by atoms with van der Waals surface area (Å²) in [5, 5.41) is 6.90. The van der Waals surface area contributed by atoms with Crippen LogP contribution in [0.15, 0.2) is 23.2 Å². The maximum Gasteiger partial charge on any atom is 0.191 e. The highest BCUT2D eigenvalue weighted by Gasteiger charge is 2.17. The molecule has 0 saturated carbocycles. The van der Waals surface area contributed by atoms with Crippen molar-refractivity contribution in [1.29, 1.82) is 0 Å². The van der Waals surface area contributed by atoms with E-state index in [0.717, 1.165) is 50.1 Å². The standard InChI is InChI=1S/C25H42N4O2.HI/c1-21-9-10-23(24(17-21)31-20-22-11-16-30-19-22)18-28-25(26-2)27-12-5-3-6-13-29-14-7-4-8-15-29;/h9-10,17,22H,3-8,11-16,18-20H2,1-2H3,(H2,26,27,28);1H. The van der Waals surface area contributed by atoms with Crippen LogP contribution < -0.4 is 15.4 Å². The van der Waals surface area contributed by atoms with Crippen LogP contribution in [0.3, 0.4) is 0 Å². The second kappa shape index (κ2) is 15.7. The van der Waals surface area contributed by atoms with E-state index in [2.05, 4.69) is 45.6 Å². The van der Waals surface area contributed by atoms with Crippen LogP contribution in [-0.4, -0.2) is 63.9 Å². The van der Waals surface area contributed by atoms with Crippen molar-refractivity contribution in [3.63, 3.8) is 0 Å². The maximum atomic E-state index is 6.16. The highest BCUT2D eigenvalue weighted by atomic mass is 127. The van der Waals surface area contributed by atoms with Gasteiger partial charge >= 0.3 is 0 Å². The maximum absolute atomic E-state index is 6.16. The predicted molar refractivity (Wildman–Crippen MR) is 143 cm³/mol. The highest BCUT2D eigenvalue weighted by Crippen LogP contribution is 2.22. The van der Waals surface area contributed by atoms with Crippen LogP contribution in [-0.2, 0) is 11.3 Å². The van der Waals surface area contributed by atoms with Gasteiger partial charge in [-0.1, -0.05) is 25.0 Å². The van der Waals surface area contributed by atoms with Crippen molar-refractivity contribution >= 4 is 29.9 Å². The zero-order valence-electron chi connectivity index (χ0n) is 20.0. The zero-order chi connectivity index (χ0) is 21.7. The summed E-state index contributed by atoms with van der Waals surface area (Å²) in [6.45, 7) is 10.0. The minimum atomic E-state index is 0. The number of nitrogens with one attached hydrogen (secondary N) is 2. The fourth-order valence-corrected chi connectivity index (χ4v) is 4.29. The molecule has 6 nitrogen and oxygen atoms in total. The van der Waals surface area contributed by atoms with Gasteiger partial charge in [0.15, 0.2) is 5.96 Å². The molecule has 2 saturated heterocycles. The second-order valence-electron chi connectivity index (χ2n) is 8.97. The summed E-state index contributed by atoms with van der Waals surface area (Å²) in [7, 11) is 1.83. The van der Waals surface area contributed by atoms with Crippen LogP contribution in [0.1, 0.15) is 56.1 Å². The van der Waals surface area contributed by atoms with E-state index in [9.17, 15) is 0 Å². The van der Waals surface area contributed by atoms with E-state index in [1.54, 1.807) is 0 Å². The third-order valence-electron chi connectivity index (χ3n) is 6.28. The Balaban J connectivity index is 0.00000363. The molecule has 2 heterocycles. The number of aliphatic imine (C=N–C) groups is 1. The third-order valence-corrected chi connectivity index (χ3v) is 6.28. The number of benzene rings is 1. The Morgan fingerprint density at radius 1 is 1.16 bits per heavy atom. The number of nitrogens with zero attached hydrogens (tertiary/aromatic N) is 2. The van der Waals surface area contributed by atoms with Crippen molar-refractivity contribution in [3.8, 4) is 5.75 Å². The smallest absolute Gasteiger partial charge is 0.191 e. The summed E-state index contributed by atoms with van der Waals surface area (Å²) in [5.74, 6) is 2.32. The molecule has 0 bridgehead atoms. The van der Waals surface area contributed by atoms with Crippen LogP contribution in [0.25, 0.3) is 0 Å². The topological polar surface area (TPSA) is 58.1 Å². The van der Waals surface area contributed by atoms with Gasteiger partial charge in [-0.3, -0.25) is 4.99 Å². The number of piperidine rings is 1. The van der Waals surface area contributed by atoms with Gasteiger partial charge in [-0.15, -0.1) is 24.0 Å². The molecule has 1 unspecified atom stereocenters. The Bertz CT molecular complexity index is 674. The second-order valence-corrected chi connectivity index (χ2v) is 8.97. The quantitative estimate of drug-likeness (QED) is 0.183. The Morgan fingerprint density at radius 3 is 2.75 bits per heavy atom. The molecule has 1 atom stereocenters. The number of halogens is 1. The van der Waals surface area contributed by atoms with Crippen molar-refractivity contribution in [3.05, 3.63) is 29.3 Å². The molecule has 32 heavy (non-hydrogen) atoms. The Labute approximate surface area is 211 Å². The van der Waals surface area contributed by atoms with Crippen LogP contribution in [0.4, 0.5) is 0 Å².